The van der Waals surface area contributed by atoms with Crippen LogP contribution in [0.1, 0.15) is 18.0 Å². The van der Waals surface area contributed by atoms with Crippen molar-refractivity contribution >= 4 is 24.3 Å². The van der Waals surface area contributed by atoms with Crippen molar-refractivity contribution in [1.29, 1.82) is 0 Å². The highest BCUT2D eigenvalue weighted by molar-refractivity contribution is 5.88. The van der Waals surface area contributed by atoms with E-state index in [2.05, 4.69) is 21.5 Å². The van der Waals surface area contributed by atoms with Gasteiger partial charge in [0, 0.05) is 18.5 Å². The summed E-state index contributed by atoms with van der Waals surface area (Å²) in [5.74, 6) is -0.514. The molecular weight excluding hydrogens is 332 g/mol. The van der Waals surface area contributed by atoms with Crippen LogP contribution in [0.15, 0.2) is 30.3 Å². The van der Waals surface area contributed by atoms with Crippen LogP contribution in [0.2, 0.25) is 0 Å². The Balaban J connectivity index is 0.00000208. The van der Waals surface area contributed by atoms with Crippen molar-refractivity contribution in [2.75, 3.05) is 20.2 Å². The molecule has 132 valence electrons. The number of ether oxygens (including phenoxy) is 1. The summed E-state index contributed by atoms with van der Waals surface area (Å²) in [6.07, 6.45) is 0.973. The molecule has 1 amide bonds. The molecule has 24 heavy (non-hydrogen) atoms. The topological polar surface area (TPSA) is 91.5 Å². The number of nitrogens with one attached hydrogen (secondary N) is 4. The van der Waals surface area contributed by atoms with Crippen LogP contribution in [0.4, 0.5) is 0 Å². The normalized spacial score (nSPS) is 26.6. The Hall–Kier alpha value is -1.67. The molecule has 2 heterocycles. The Bertz CT molecular complexity index is 572. The van der Waals surface area contributed by atoms with Crippen LogP contribution in [0.25, 0.3) is 0 Å². The van der Waals surface area contributed by atoms with E-state index < -0.39 is 12.0 Å². The maximum absolute atomic E-state index is 12.7. The molecular formula is C16H23ClN4O3. The van der Waals surface area contributed by atoms with Crippen LogP contribution >= 0.6 is 12.4 Å². The molecule has 4 atom stereocenters. The van der Waals surface area contributed by atoms with Gasteiger partial charge in [0.25, 0.3) is 0 Å². The first-order valence-corrected chi connectivity index (χ1v) is 7.85. The van der Waals surface area contributed by atoms with Gasteiger partial charge in [-0.2, -0.15) is 0 Å². The van der Waals surface area contributed by atoms with Crippen LogP contribution < -0.4 is 21.5 Å². The molecule has 2 aliphatic heterocycles. The molecule has 7 nitrogen and oxygen atoms in total. The number of halogens is 1. The molecule has 2 fully saturated rings. The van der Waals surface area contributed by atoms with Crippen molar-refractivity contribution in [1.82, 2.24) is 21.5 Å². The minimum absolute atomic E-state index is 0. The number of carbonyl (C=O) groups excluding carboxylic acids is 2. The number of fused-ring (bicyclic) bond motifs is 1. The van der Waals surface area contributed by atoms with Crippen molar-refractivity contribution in [3.63, 3.8) is 0 Å². The first-order chi connectivity index (χ1) is 11.2. The number of benzene rings is 1. The standard InChI is InChI=1S/C16H22N4O3.ClH/c1-23-16(22)13(10-5-3-2-4-6-10)18-15(21)14-11-9-17-8-7-12(11)19-20-14;/h2-6,11-14,17,19-20H,7-9H2,1H3,(H,18,21);1H. The molecule has 2 aliphatic rings. The van der Waals surface area contributed by atoms with Gasteiger partial charge in [0.1, 0.15) is 6.04 Å². The molecule has 4 unspecified atom stereocenters. The Morgan fingerprint density at radius 2 is 2.00 bits per heavy atom. The van der Waals surface area contributed by atoms with Gasteiger partial charge in [0.2, 0.25) is 5.91 Å². The summed E-state index contributed by atoms with van der Waals surface area (Å²) in [5, 5.41) is 6.12. The van der Waals surface area contributed by atoms with E-state index in [0.29, 0.717) is 5.56 Å². The fraction of sp³-hybridized carbons (Fsp3) is 0.500. The summed E-state index contributed by atoms with van der Waals surface area (Å²) >= 11 is 0. The number of hydrogen-bond donors (Lipinski definition) is 4. The van der Waals surface area contributed by atoms with Gasteiger partial charge in [0.05, 0.1) is 7.11 Å². The smallest absolute Gasteiger partial charge is 0.333 e. The molecule has 0 aliphatic carbocycles. The highest BCUT2D eigenvalue weighted by Gasteiger charge is 2.42. The Morgan fingerprint density at radius 3 is 2.71 bits per heavy atom. The van der Waals surface area contributed by atoms with Gasteiger partial charge in [-0.1, -0.05) is 30.3 Å². The lowest BCUT2D eigenvalue weighted by molar-refractivity contribution is -0.145. The molecule has 1 aromatic carbocycles. The summed E-state index contributed by atoms with van der Waals surface area (Å²) in [4.78, 5) is 24.7. The average Bonchev–Trinajstić information content (AvgIpc) is 3.04. The van der Waals surface area contributed by atoms with E-state index in [4.69, 9.17) is 4.74 Å². The molecule has 4 N–H and O–H groups in total. The number of amides is 1. The second-order valence-corrected chi connectivity index (χ2v) is 5.90. The van der Waals surface area contributed by atoms with Crippen molar-refractivity contribution in [2.24, 2.45) is 5.92 Å². The Morgan fingerprint density at radius 1 is 1.25 bits per heavy atom. The third-order valence-electron chi connectivity index (χ3n) is 4.52. The number of methoxy groups -OCH3 is 1. The minimum atomic E-state index is -0.800. The molecule has 0 bridgehead atoms. The van der Waals surface area contributed by atoms with Gasteiger partial charge < -0.3 is 15.4 Å². The highest BCUT2D eigenvalue weighted by atomic mass is 35.5. The molecule has 0 saturated carbocycles. The van der Waals surface area contributed by atoms with Crippen molar-refractivity contribution in [3.8, 4) is 0 Å². The van der Waals surface area contributed by atoms with Gasteiger partial charge in [-0.05, 0) is 18.5 Å². The Kier molecular flexibility index (Phi) is 6.56. The molecule has 0 spiro atoms. The lowest BCUT2D eigenvalue weighted by atomic mass is 9.89. The third-order valence-corrected chi connectivity index (χ3v) is 4.52. The van der Waals surface area contributed by atoms with E-state index in [1.165, 1.54) is 7.11 Å². The van der Waals surface area contributed by atoms with E-state index >= 15 is 0 Å². The molecule has 3 rings (SSSR count). The number of carbonyl (C=O) groups is 2. The maximum Gasteiger partial charge on any atom is 0.333 e. The van der Waals surface area contributed by atoms with Gasteiger partial charge in [-0.3, -0.25) is 10.2 Å². The predicted octanol–water partition coefficient (Wildman–Crippen LogP) is -0.107. The quantitative estimate of drug-likeness (QED) is 0.564. The lowest BCUT2D eigenvalue weighted by Crippen LogP contribution is -2.50. The van der Waals surface area contributed by atoms with E-state index in [0.717, 1.165) is 19.5 Å². The monoisotopic (exact) mass is 354 g/mol. The molecule has 0 aromatic heterocycles. The number of piperidine rings is 1. The van der Waals surface area contributed by atoms with Crippen LogP contribution in [0, 0.1) is 5.92 Å². The maximum atomic E-state index is 12.7. The fourth-order valence-corrected chi connectivity index (χ4v) is 3.25. The SMILES string of the molecule is COC(=O)C(NC(=O)C1NNC2CCNCC21)c1ccccc1.Cl. The van der Waals surface area contributed by atoms with E-state index in [-0.39, 0.29) is 36.3 Å². The van der Waals surface area contributed by atoms with E-state index in [1.807, 2.05) is 18.2 Å². The number of hydrogen-bond acceptors (Lipinski definition) is 6. The van der Waals surface area contributed by atoms with Crippen LogP contribution in [-0.2, 0) is 14.3 Å². The molecule has 8 heteroatoms. The summed E-state index contributed by atoms with van der Waals surface area (Å²) < 4.78 is 4.83. The summed E-state index contributed by atoms with van der Waals surface area (Å²) in [7, 11) is 1.32. The predicted molar refractivity (Wildman–Crippen MR) is 91.4 cm³/mol. The minimum Gasteiger partial charge on any atom is -0.467 e. The largest absolute Gasteiger partial charge is 0.467 e. The zero-order chi connectivity index (χ0) is 16.2. The molecule has 0 radical (unpaired) electrons. The summed E-state index contributed by atoms with van der Waals surface area (Å²) in [6.45, 7) is 1.72. The number of hydrazine groups is 1. The Labute approximate surface area is 147 Å². The number of esters is 1. The first-order valence-electron chi connectivity index (χ1n) is 7.85. The summed E-state index contributed by atoms with van der Waals surface area (Å²) in [6, 6.07) is 8.22. The van der Waals surface area contributed by atoms with E-state index in [9.17, 15) is 9.59 Å². The van der Waals surface area contributed by atoms with Crippen LogP contribution in [0.3, 0.4) is 0 Å². The van der Waals surface area contributed by atoms with Gasteiger partial charge in [0.15, 0.2) is 6.04 Å². The average molecular weight is 355 g/mol. The van der Waals surface area contributed by atoms with Crippen LogP contribution in [0.5, 0.6) is 0 Å². The van der Waals surface area contributed by atoms with Gasteiger partial charge in [-0.15, -0.1) is 12.4 Å². The molecule has 1 aromatic rings. The highest BCUT2D eigenvalue weighted by Crippen LogP contribution is 2.21. The van der Waals surface area contributed by atoms with Crippen molar-refractivity contribution in [2.45, 2.75) is 24.5 Å². The second kappa shape index (κ2) is 8.43. The fourth-order valence-electron chi connectivity index (χ4n) is 3.25. The second-order valence-electron chi connectivity index (χ2n) is 5.90. The number of rotatable bonds is 4. The lowest BCUT2D eigenvalue weighted by Gasteiger charge is -2.28. The molecule has 2 saturated heterocycles. The first kappa shape index (κ1) is 18.7. The zero-order valence-electron chi connectivity index (χ0n) is 13.5. The third kappa shape index (κ3) is 3.87. The van der Waals surface area contributed by atoms with Gasteiger partial charge in [-0.25, -0.2) is 10.2 Å². The van der Waals surface area contributed by atoms with Gasteiger partial charge >= 0.3 is 5.97 Å². The zero-order valence-corrected chi connectivity index (χ0v) is 14.3. The summed E-state index contributed by atoms with van der Waals surface area (Å²) in [5.41, 5.74) is 6.94. The van der Waals surface area contributed by atoms with E-state index in [1.54, 1.807) is 12.1 Å². The van der Waals surface area contributed by atoms with Crippen molar-refractivity contribution < 1.29 is 14.3 Å². The van der Waals surface area contributed by atoms with Crippen LogP contribution in [-0.4, -0.2) is 44.2 Å². The van der Waals surface area contributed by atoms with Crippen molar-refractivity contribution in [3.05, 3.63) is 35.9 Å².